The molecule has 0 unspecified atom stereocenters. The molecular weight excluding hydrogens is 332 g/mol. The van der Waals surface area contributed by atoms with Gasteiger partial charge in [-0.3, -0.25) is 0 Å². The molecular formula is C14H15BrN6. The van der Waals surface area contributed by atoms with Gasteiger partial charge in [0.25, 0.3) is 0 Å². The number of nitriles is 1. The second-order valence-corrected chi connectivity index (χ2v) is 5.82. The van der Waals surface area contributed by atoms with E-state index < -0.39 is 0 Å². The third-order valence-electron chi connectivity index (χ3n) is 3.67. The molecule has 1 aromatic carbocycles. The van der Waals surface area contributed by atoms with Gasteiger partial charge in [-0.2, -0.15) is 5.26 Å². The molecule has 1 saturated heterocycles. The number of piperazine rings is 1. The van der Waals surface area contributed by atoms with Crippen LogP contribution in [0.2, 0.25) is 0 Å². The summed E-state index contributed by atoms with van der Waals surface area (Å²) in [5, 5.41) is 17.4. The normalized spacial score (nSPS) is 15.1. The van der Waals surface area contributed by atoms with Crippen molar-refractivity contribution in [2.24, 2.45) is 7.05 Å². The highest BCUT2D eigenvalue weighted by Gasteiger charge is 2.23. The summed E-state index contributed by atoms with van der Waals surface area (Å²) in [6.07, 6.45) is 1.71. The van der Waals surface area contributed by atoms with Crippen LogP contribution in [0.15, 0.2) is 29.0 Å². The molecule has 0 aliphatic carbocycles. The first kappa shape index (κ1) is 13.9. The van der Waals surface area contributed by atoms with E-state index in [1.54, 1.807) is 6.33 Å². The number of hydrogen-bond donors (Lipinski definition) is 0. The van der Waals surface area contributed by atoms with Gasteiger partial charge in [-0.1, -0.05) is 6.07 Å². The van der Waals surface area contributed by atoms with Crippen molar-refractivity contribution in [1.29, 1.82) is 5.26 Å². The molecule has 1 aliphatic heterocycles. The average Bonchev–Trinajstić information content (AvgIpc) is 2.93. The SMILES string of the molecule is Cn1cnnc1N1CCN(c2c(Br)cccc2C#N)CC1. The van der Waals surface area contributed by atoms with Gasteiger partial charge in [0.2, 0.25) is 5.95 Å². The minimum atomic E-state index is 0.705. The number of hydrogen-bond acceptors (Lipinski definition) is 5. The third kappa shape index (κ3) is 2.59. The Labute approximate surface area is 131 Å². The highest BCUT2D eigenvalue weighted by molar-refractivity contribution is 9.10. The van der Waals surface area contributed by atoms with Gasteiger partial charge >= 0.3 is 0 Å². The molecule has 3 rings (SSSR count). The third-order valence-corrected chi connectivity index (χ3v) is 4.31. The largest absolute Gasteiger partial charge is 0.366 e. The maximum absolute atomic E-state index is 9.28. The number of aryl methyl sites for hydroxylation is 1. The van der Waals surface area contributed by atoms with E-state index >= 15 is 0 Å². The number of anilines is 2. The van der Waals surface area contributed by atoms with Gasteiger partial charge in [-0.25, -0.2) is 0 Å². The zero-order valence-corrected chi connectivity index (χ0v) is 13.3. The first-order chi connectivity index (χ1) is 10.2. The summed E-state index contributed by atoms with van der Waals surface area (Å²) in [5.41, 5.74) is 1.69. The minimum Gasteiger partial charge on any atom is -0.366 e. The Morgan fingerprint density at radius 2 is 1.90 bits per heavy atom. The van der Waals surface area contributed by atoms with Gasteiger partial charge in [0, 0.05) is 37.7 Å². The lowest BCUT2D eigenvalue weighted by atomic mass is 10.1. The lowest BCUT2D eigenvalue weighted by molar-refractivity contribution is 0.628. The van der Waals surface area contributed by atoms with Gasteiger partial charge in [0.05, 0.1) is 11.3 Å². The number of rotatable bonds is 2. The van der Waals surface area contributed by atoms with E-state index in [0.29, 0.717) is 5.56 Å². The molecule has 108 valence electrons. The summed E-state index contributed by atoms with van der Waals surface area (Å²) >= 11 is 3.56. The van der Waals surface area contributed by atoms with Crippen LogP contribution >= 0.6 is 15.9 Å². The van der Waals surface area contributed by atoms with E-state index in [2.05, 4.69) is 42.0 Å². The molecule has 21 heavy (non-hydrogen) atoms. The smallest absolute Gasteiger partial charge is 0.226 e. The van der Waals surface area contributed by atoms with Gasteiger partial charge in [-0.05, 0) is 28.1 Å². The summed E-state index contributed by atoms with van der Waals surface area (Å²) in [4.78, 5) is 4.46. The van der Waals surface area contributed by atoms with Gasteiger partial charge in [-0.15, -0.1) is 10.2 Å². The molecule has 0 saturated carbocycles. The molecule has 1 fully saturated rings. The van der Waals surface area contributed by atoms with Crippen LogP contribution in [0.1, 0.15) is 5.56 Å². The Balaban J connectivity index is 1.78. The molecule has 2 heterocycles. The number of benzene rings is 1. The fraction of sp³-hybridized carbons (Fsp3) is 0.357. The topological polar surface area (TPSA) is 61.0 Å². The van der Waals surface area contributed by atoms with E-state index in [9.17, 15) is 5.26 Å². The van der Waals surface area contributed by atoms with Gasteiger partial charge in [0.1, 0.15) is 12.4 Å². The zero-order valence-electron chi connectivity index (χ0n) is 11.7. The molecule has 2 aromatic rings. The number of halogens is 1. The van der Waals surface area contributed by atoms with Crippen LogP contribution < -0.4 is 9.80 Å². The van der Waals surface area contributed by atoms with Crippen molar-refractivity contribution < 1.29 is 0 Å². The first-order valence-electron chi connectivity index (χ1n) is 6.73. The number of nitrogens with zero attached hydrogens (tertiary/aromatic N) is 6. The van der Waals surface area contributed by atoms with Crippen LogP contribution in [0, 0.1) is 11.3 Å². The van der Waals surface area contributed by atoms with Gasteiger partial charge < -0.3 is 14.4 Å². The molecule has 6 nitrogen and oxygen atoms in total. The van der Waals surface area contributed by atoms with E-state index in [0.717, 1.165) is 42.3 Å². The fourth-order valence-electron chi connectivity index (χ4n) is 2.62. The van der Waals surface area contributed by atoms with Crippen LogP contribution in [0.3, 0.4) is 0 Å². The van der Waals surface area contributed by atoms with Gasteiger partial charge in [0.15, 0.2) is 0 Å². The Hall–Kier alpha value is -2.07. The molecule has 0 radical (unpaired) electrons. The quantitative estimate of drug-likeness (QED) is 0.829. The van der Waals surface area contributed by atoms with E-state index in [4.69, 9.17) is 0 Å². The fourth-order valence-corrected chi connectivity index (χ4v) is 3.24. The van der Waals surface area contributed by atoms with Crippen LogP contribution in [0.25, 0.3) is 0 Å². The van der Waals surface area contributed by atoms with Crippen molar-refractivity contribution in [3.8, 4) is 6.07 Å². The van der Waals surface area contributed by atoms with Crippen molar-refractivity contribution in [2.45, 2.75) is 0 Å². The van der Waals surface area contributed by atoms with Crippen LogP contribution in [0.4, 0.5) is 11.6 Å². The highest BCUT2D eigenvalue weighted by atomic mass is 79.9. The van der Waals surface area contributed by atoms with Crippen molar-refractivity contribution in [3.63, 3.8) is 0 Å². The molecule has 0 spiro atoms. The molecule has 0 amide bonds. The summed E-state index contributed by atoms with van der Waals surface area (Å²) < 4.78 is 2.89. The van der Waals surface area contributed by atoms with Crippen molar-refractivity contribution in [3.05, 3.63) is 34.6 Å². The Bertz CT molecular complexity index is 681. The predicted molar refractivity (Wildman–Crippen MR) is 84.3 cm³/mol. The summed E-state index contributed by atoms with van der Waals surface area (Å²) in [6, 6.07) is 7.99. The average molecular weight is 347 g/mol. The van der Waals surface area contributed by atoms with Crippen LogP contribution in [-0.4, -0.2) is 40.9 Å². The lowest BCUT2D eigenvalue weighted by Gasteiger charge is -2.37. The van der Waals surface area contributed by atoms with Crippen molar-refractivity contribution in [1.82, 2.24) is 14.8 Å². The standard InChI is InChI=1S/C14H15BrN6/c1-19-10-17-18-14(19)21-7-5-20(6-8-21)13-11(9-16)3-2-4-12(13)15/h2-4,10H,5-8H2,1H3. The molecule has 0 N–H and O–H groups in total. The van der Waals surface area contributed by atoms with Crippen LogP contribution in [0.5, 0.6) is 0 Å². The zero-order chi connectivity index (χ0) is 14.8. The first-order valence-corrected chi connectivity index (χ1v) is 7.52. The second-order valence-electron chi connectivity index (χ2n) is 4.96. The Kier molecular flexibility index (Phi) is 3.80. The van der Waals surface area contributed by atoms with Crippen molar-refractivity contribution >= 4 is 27.6 Å². The molecule has 0 bridgehead atoms. The molecule has 7 heteroatoms. The summed E-state index contributed by atoms with van der Waals surface area (Å²) in [6.45, 7) is 3.42. The highest BCUT2D eigenvalue weighted by Crippen LogP contribution is 2.31. The lowest BCUT2D eigenvalue weighted by Crippen LogP contribution is -2.47. The Morgan fingerprint density at radius 1 is 1.19 bits per heavy atom. The minimum absolute atomic E-state index is 0.705. The second kappa shape index (κ2) is 5.74. The maximum atomic E-state index is 9.28. The van der Waals surface area contributed by atoms with Crippen LogP contribution in [-0.2, 0) is 7.05 Å². The monoisotopic (exact) mass is 346 g/mol. The number of para-hydroxylation sites is 1. The van der Waals surface area contributed by atoms with Crippen molar-refractivity contribution in [2.75, 3.05) is 36.0 Å². The van der Waals surface area contributed by atoms with E-state index in [1.807, 2.05) is 29.8 Å². The predicted octanol–water partition coefficient (Wildman–Crippen LogP) is 1.78. The Morgan fingerprint density at radius 3 is 2.52 bits per heavy atom. The summed E-state index contributed by atoms with van der Waals surface area (Å²) in [5.74, 6) is 0.891. The number of aromatic nitrogens is 3. The van der Waals surface area contributed by atoms with E-state index in [1.165, 1.54) is 0 Å². The molecule has 1 aliphatic rings. The maximum Gasteiger partial charge on any atom is 0.226 e. The summed E-state index contributed by atoms with van der Waals surface area (Å²) in [7, 11) is 1.95. The molecule has 1 aromatic heterocycles. The molecule has 0 atom stereocenters. The van der Waals surface area contributed by atoms with E-state index in [-0.39, 0.29) is 0 Å².